The van der Waals surface area contributed by atoms with Gasteiger partial charge in [-0.3, -0.25) is 4.90 Å². The number of rotatable bonds is 3. The number of methoxy groups -OCH3 is 1. The summed E-state index contributed by atoms with van der Waals surface area (Å²) in [6.07, 6.45) is 0.921. The summed E-state index contributed by atoms with van der Waals surface area (Å²) in [7, 11) is 1.73. The van der Waals surface area contributed by atoms with E-state index in [-0.39, 0.29) is 17.7 Å². The Morgan fingerprint density at radius 1 is 1.62 bits per heavy atom. The zero-order valence-electron chi connectivity index (χ0n) is 9.08. The number of aliphatic hydroxyl groups is 1. The highest BCUT2D eigenvalue weighted by Gasteiger charge is 2.40. The van der Waals surface area contributed by atoms with E-state index < -0.39 is 0 Å². The standard InChI is InChI=1S/C10H21NO2/c1-8(13-4)7-11-6-5-9(12)10(11,2)3/h8-9,12H,5-7H2,1-4H3. The highest BCUT2D eigenvalue weighted by atomic mass is 16.5. The summed E-state index contributed by atoms with van der Waals surface area (Å²) >= 11 is 0. The predicted molar refractivity (Wildman–Crippen MR) is 52.7 cm³/mol. The van der Waals surface area contributed by atoms with Gasteiger partial charge in [-0.2, -0.15) is 0 Å². The lowest BCUT2D eigenvalue weighted by molar-refractivity contribution is 0.0165. The molecule has 1 aliphatic heterocycles. The van der Waals surface area contributed by atoms with Crippen molar-refractivity contribution in [3.05, 3.63) is 0 Å². The lowest BCUT2D eigenvalue weighted by Gasteiger charge is -2.35. The van der Waals surface area contributed by atoms with Crippen LogP contribution in [0.3, 0.4) is 0 Å². The van der Waals surface area contributed by atoms with Crippen LogP contribution in [0, 0.1) is 0 Å². The van der Waals surface area contributed by atoms with E-state index in [0.29, 0.717) is 0 Å². The molecule has 0 radical (unpaired) electrons. The molecular weight excluding hydrogens is 166 g/mol. The highest BCUT2D eigenvalue weighted by molar-refractivity contribution is 4.95. The van der Waals surface area contributed by atoms with Gasteiger partial charge in [0.05, 0.1) is 12.2 Å². The van der Waals surface area contributed by atoms with Gasteiger partial charge in [0, 0.05) is 25.7 Å². The third-order valence-corrected chi connectivity index (χ3v) is 3.18. The van der Waals surface area contributed by atoms with E-state index >= 15 is 0 Å². The van der Waals surface area contributed by atoms with E-state index in [0.717, 1.165) is 19.5 Å². The molecule has 1 fully saturated rings. The summed E-state index contributed by atoms with van der Waals surface area (Å²) in [5.74, 6) is 0. The van der Waals surface area contributed by atoms with Crippen molar-refractivity contribution in [1.29, 1.82) is 0 Å². The monoisotopic (exact) mass is 187 g/mol. The number of ether oxygens (including phenoxy) is 1. The van der Waals surface area contributed by atoms with Crippen LogP contribution in [-0.2, 0) is 4.74 Å². The molecule has 2 atom stereocenters. The van der Waals surface area contributed by atoms with Crippen LogP contribution in [0.15, 0.2) is 0 Å². The first-order chi connectivity index (χ1) is 5.98. The van der Waals surface area contributed by atoms with Gasteiger partial charge in [-0.25, -0.2) is 0 Å². The summed E-state index contributed by atoms with van der Waals surface area (Å²) in [6, 6.07) is 0. The Balaban J connectivity index is 2.52. The van der Waals surface area contributed by atoms with Crippen LogP contribution in [0.5, 0.6) is 0 Å². The first-order valence-corrected chi connectivity index (χ1v) is 4.94. The van der Waals surface area contributed by atoms with Gasteiger partial charge in [-0.05, 0) is 27.2 Å². The van der Waals surface area contributed by atoms with E-state index in [9.17, 15) is 5.11 Å². The first kappa shape index (κ1) is 11.0. The second-order valence-corrected chi connectivity index (χ2v) is 4.45. The van der Waals surface area contributed by atoms with Crippen molar-refractivity contribution in [2.24, 2.45) is 0 Å². The second kappa shape index (κ2) is 3.95. The topological polar surface area (TPSA) is 32.7 Å². The zero-order chi connectivity index (χ0) is 10.1. The smallest absolute Gasteiger partial charge is 0.0730 e. The molecule has 0 aromatic rings. The van der Waals surface area contributed by atoms with E-state index in [1.807, 2.05) is 0 Å². The van der Waals surface area contributed by atoms with Crippen LogP contribution in [-0.4, -0.2) is 48.0 Å². The lowest BCUT2D eigenvalue weighted by Crippen LogP contribution is -2.47. The molecule has 0 spiro atoms. The van der Waals surface area contributed by atoms with E-state index in [1.54, 1.807) is 7.11 Å². The Labute approximate surface area is 80.7 Å². The van der Waals surface area contributed by atoms with Gasteiger partial charge in [0.25, 0.3) is 0 Å². The fourth-order valence-electron chi connectivity index (χ4n) is 1.84. The number of likely N-dealkylation sites (tertiary alicyclic amines) is 1. The predicted octanol–water partition coefficient (Wildman–Crippen LogP) is 0.866. The van der Waals surface area contributed by atoms with Crippen molar-refractivity contribution in [2.45, 2.75) is 44.9 Å². The maximum Gasteiger partial charge on any atom is 0.0730 e. The average Bonchev–Trinajstić information content (AvgIpc) is 2.31. The maximum absolute atomic E-state index is 9.73. The molecule has 0 aromatic heterocycles. The molecule has 3 heteroatoms. The van der Waals surface area contributed by atoms with Gasteiger partial charge in [0.1, 0.15) is 0 Å². The molecule has 0 aromatic carbocycles. The van der Waals surface area contributed by atoms with Gasteiger partial charge in [0.2, 0.25) is 0 Å². The summed E-state index contributed by atoms with van der Waals surface area (Å²) < 4.78 is 5.22. The molecule has 0 aliphatic carbocycles. The van der Waals surface area contributed by atoms with Crippen molar-refractivity contribution in [2.75, 3.05) is 20.2 Å². The summed E-state index contributed by atoms with van der Waals surface area (Å²) in [5.41, 5.74) is -0.0905. The third kappa shape index (κ3) is 2.22. The quantitative estimate of drug-likeness (QED) is 0.711. The largest absolute Gasteiger partial charge is 0.391 e. The van der Waals surface area contributed by atoms with Crippen molar-refractivity contribution >= 4 is 0 Å². The normalized spacial score (nSPS) is 30.7. The Hall–Kier alpha value is -0.120. The molecule has 0 saturated carbocycles. The Kier molecular flexibility index (Phi) is 3.33. The first-order valence-electron chi connectivity index (χ1n) is 4.94. The SMILES string of the molecule is COC(C)CN1CCC(O)C1(C)C. The van der Waals surface area contributed by atoms with Gasteiger partial charge < -0.3 is 9.84 Å². The number of nitrogens with zero attached hydrogens (tertiary/aromatic N) is 1. The van der Waals surface area contributed by atoms with Gasteiger partial charge in [0.15, 0.2) is 0 Å². The highest BCUT2D eigenvalue weighted by Crippen LogP contribution is 2.28. The zero-order valence-corrected chi connectivity index (χ0v) is 9.08. The molecule has 0 bridgehead atoms. The maximum atomic E-state index is 9.73. The molecule has 13 heavy (non-hydrogen) atoms. The number of hydrogen-bond donors (Lipinski definition) is 1. The Morgan fingerprint density at radius 2 is 2.23 bits per heavy atom. The molecule has 78 valence electrons. The van der Waals surface area contributed by atoms with Crippen molar-refractivity contribution < 1.29 is 9.84 Å². The van der Waals surface area contributed by atoms with Crippen LogP contribution in [0.2, 0.25) is 0 Å². The fraction of sp³-hybridized carbons (Fsp3) is 1.00. The minimum Gasteiger partial charge on any atom is -0.391 e. The van der Waals surface area contributed by atoms with Crippen LogP contribution < -0.4 is 0 Å². The van der Waals surface area contributed by atoms with Crippen LogP contribution in [0.1, 0.15) is 27.2 Å². The van der Waals surface area contributed by atoms with Crippen LogP contribution in [0.4, 0.5) is 0 Å². The summed E-state index contributed by atoms with van der Waals surface area (Å²) in [6.45, 7) is 8.11. The summed E-state index contributed by atoms with van der Waals surface area (Å²) in [5, 5.41) is 9.73. The van der Waals surface area contributed by atoms with Gasteiger partial charge >= 0.3 is 0 Å². The molecular formula is C10H21NO2. The Morgan fingerprint density at radius 3 is 2.62 bits per heavy atom. The van der Waals surface area contributed by atoms with Crippen molar-refractivity contribution in [3.8, 4) is 0 Å². The average molecular weight is 187 g/mol. The lowest BCUT2D eigenvalue weighted by atomic mass is 9.98. The summed E-state index contributed by atoms with van der Waals surface area (Å²) in [4.78, 5) is 2.30. The van der Waals surface area contributed by atoms with Gasteiger partial charge in [-0.1, -0.05) is 0 Å². The molecule has 1 N–H and O–H groups in total. The van der Waals surface area contributed by atoms with Crippen molar-refractivity contribution in [3.63, 3.8) is 0 Å². The van der Waals surface area contributed by atoms with E-state index in [2.05, 4.69) is 25.7 Å². The van der Waals surface area contributed by atoms with E-state index in [1.165, 1.54) is 0 Å². The molecule has 2 unspecified atom stereocenters. The fourth-order valence-corrected chi connectivity index (χ4v) is 1.84. The minimum atomic E-state index is -0.198. The minimum absolute atomic E-state index is 0.0905. The number of hydrogen-bond acceptors (Lipinski definition) is 3. The molecule has 0 amide bonds. The molecule has 1 aliphatic rings. The van der Waals surface area contributed by atoms with Crippen molar-refractivity contribution in [1.82, 2.24) is 4.90 Å². The molecule has 3 nitrogen and oxygen atoms in total. The van der Waals surface area contributed by atoms with Gasteiger partial charge in [-0.15, -0.1) is 0 Å². The van der Waals surface area contributed by atoms with Crippen LogP contribution in [0.25, 0.3) is 0 Å². The Bertz CT molecular complexity index is 170. The molecule has 1 saturated heterocycles. The second-order valence-electron chi connectivity index (χ2n) is 4.45. The van der Waals surface area contributed by atoms with Crippen LogP contribution >= 0.6 is 0 Å². The third-order valence-electron chi connectivity index (χ3n) is 3.18. The van der Waals surface area contributed by atoms with E-state index in [4.69, 9.17) is 4.74 Å². The number of aliphatic hydroxyl groups excluding tert-OH is 1. The molecule has 1 rings (SSSR count). The molecule has 1 heterocycles.